The number of thioether (sulfide) groups is 1. The molecule has 5 nitrogen and oxygen atoms in total. The molecule has 0 saturated carbocycles. The fraction of sp³-hybridized carbons (Fsp3) is 0.625. The van der Waals surface area contributed by atoms with Crippen molar-refractivity contribution in [2.45, 2.75) is 16.8 Å². The zero-order valence-electron chi connectivity index (χ0n) is 8.60. The molecule has 1 aromatic rings. The first-order chi connectivity index (χ1) is 7.27. The molecule has 0 fully saturated rings. The van der Waals surface area contributed by atoms with Gasteiger partial charge < -0.3 is 10.1 Å². The maximum atomic E-state index is 11.2. The van der Waals surface area contributed by atoms with Gasteiger partial charge in [0, 0.05) is 5.75 Å². The number of esters is 1. The van der Waals surface area contributed by atoms with E-state index in [2.05, 4.69) is 20.3 Å². The second kappa shape index (κ2) is 6.76. The lowest BCUT2D eigenvalue weighted by molar-refractivity contribution is -0.143. The number of nitrogens with zero attached hydrogens (tertiary/aromatic N) is 2. The lowest BCUT2D eigenvalue weighted by Crippen LogP contribution is -2.35. The molecule has 0 saturated heterocycles. The van der Waals surface area contributed by atoms with Crippen LogP contribution in [0.2, 0.25) is 0 Å². The largest absolute Gasteiger partial charge is 0.468 e. The molecular weight excluding hydrogens is 234 g/mol. The quantitative estimate of drug-likeness (QED) is 0.592. The Kier molecular flexibility index (Phi) is 5.59. The second-order valence-corrected chi connectivity index (χ2v) is 4.88. The minimum atomic E-state index is -0.240. The van der Waals surface area contributed by atoms with Gasteiger partial charge in [0.1, 0.15) is 11.6 Å². The molecule has 0 aliphatic heterocycles. The van der Waals surface area contributed by atoms with Crippen molar-refractivity contribution in [1.29, 1.82) is 0 Å². The minimum Gasteiger partial charge on any atom is -0.468 e. The molecule has 84 valence electrons. The normalized spacial score (nSPS) is 12.4. The number of methoxy groups -OCH3 is 1. The predicted molar refractivity (Wildman–Crippen MR) is 60.1 cm³/mol. The van der Waals surface area contributed by atoms with Gasteiger partial charge >= 0.3 is 5.97 Å². The van der Waals surface area contributed by atoms with E-state index in [9.17, 15) is 4.79 Å². The molecule has 0 bridgehead atoms. The van der Waals surface area contributed by atoms with Crippen LogP contribution in [-0.4, -0.2) is 42.1 Å². The van der Waals surface area contributed by atoms with Crippen molar-refractivity contribution in [2.75, 3.05) is 19.9 Å². The smallest absolute Gasteiger partial charge is 0.322 e. The lowest BCUT2D eigenvalue weighted by atomic mass is 10.2. The topological polar surface area (TPSA) is 64.1 Å². The van der Waals surface area contributed by atoms with Crippen molar-refractivity contribution in [3.8, 4) is 0 Å². The van der Waals surface area contributed by atoms with Crippen LogP contribution in [0, 0.1) is 0 Å². The van der Waals surface area contributed by atoms with Crippen LogP contribution in [0.1, 0.15) is 6.42 Å². The Hall–Kier alpha value is -0.660. The van der Waals surface area contributed by atoms with Gasteiger partial charge in [-0.05, 0) is 13.5 Å². The number of carbonyl (C=O) groups excluding carboxylic acids is 1. The molecule has 0 amide bonds. The van der Waals surface area contributed by atoms with E-state index in [1.54, 1.807) is 24.3 Å². The second-order valence-electron chi connectivity index (χ2n) is 2.71. The summed E-state index contributed by atoms with van der Waals surface area (Å²) in [4.78, 5) is 11.2. The maximum absolute atomic E-state index is 11.2. The third-order valence-electron chi connectivity index (χ3n) is 1.81. The van der Waals surface area contributed by atoms with E-state index >= 15 is 0 Å². The molecule has 1 heterocycles. The van der Waals surface area contributed by atoms with Gasteiger partial charge in [0.05, 0.1) is 7.11 Å². The molecule has 0 spiro atoms. The summed E-state index contributed by atoms with van der Waals surface area (Å²) in [6, 6.07) is -0.240. The number of hydrogen-bond acceptors (Lipinski definition) is 7. The highest BCUT2D eigenvalue weighted by molar-refractivity contribution is 8.00. The predicted octanol–water partition coefficient (Wildman–Crippen LogP) is 0.781. The van der Waals surface area contributed by atoms with Crippen molar-refractivity contribution in [3.63, 3.8) is 0 Å². The van der Waals surface area contributed by atoms with Crippen molar-refractivity contribution in [3.05, 3.63) is 5.51 Å². The summed E-state index contributed by atoms with van der Waals surface area (Å²) in [7, 11) is 3.14. The van der Waals surface area contributed by atoms with Gasteiger partial charge in [-0.15, -0.1) is 10.2 Å². The van der Waals surface area contributed by atoms with E-state index in [1.165, 1.54) is 18.4 Å². The van der Waals surface area contributed by atoms with Crippen LogP contribution in [0.15, 0.2) is 9.85 Å². The van der Waals surface area contributed by atoms with E-state index in [0.29, 0.717) is 6.42 Å². The Morgan fingerprint density at radius 3 is 3.13 bits per heavy atom. The Labute approximate surface area is 96.6 Å². The van der Waals surface area contributed by atoms with Gasteiger partial charge in [0.15, 0.2) is 4.34 Å². The molecule has 0 aliphatic carbocycles. The average Bonchev–Trinajstić information content (AvgIpc) is 2.76. The Bertz CT molecular complexity index is 292. The molecule has 0 radical (unpaired) electrons. The number of carbonyl (C=O) groups is 1. The van der Waals surface area contributed by atoms with Gasteiger partial charge in [-0.1, -0.05) is 23.1 Å². The molecule has 0 aromatic carbocycles. The fourth-order valence-corrected chi connectivity index (χ4v) is 2.58. The van der Waals surface area contributed by atoms with Crippen LogP contribution >= 0.6 is 23.1 Å². The van der Waals surface area contributed by atoms with Gasteiger partial charge in [-0.2, -0.15) is 0 Å². The van der Waals surface area contributed by atoms with E-state index in [4.69, 9.17) is 0 Å². The van der Waals surface area contributed by atoms with Gasteiger partial charge in [0.25, 0.3) is 0 Å². The van der Waals surface area contributed by atoms with Crippen LogP contribution in [0.3, 0.4) is 0 Å². The van der Waals surface area contributed by atoms with Crippen molar-refractivity contribution in [1.82, 2.24) is 15.5 Å². The van der Waals surface area contributed by atoms with E-state index < -0.39 is 0 Å². The van der Waals surface area contributed by atoms with E-state index in [1.807, 2.05) is 0 Å². The van der Waals surface area contributed by atoms with Crippen LogP contribution in [0.25, 0.3) is 0 Å². The zero-order chi connectivity index (χ0) is 11.1. The monoisotopic (exact) mass is 247 g/mol. The highest BCUT2D eigenvalue weighted by atomic mass is 32.2. The summed E-state index contributed by atoms with van der Waals surface area (Å²) >= 11 is 3.10. The summed E-state index contributed by atoms with van der Waals surface area (Å²) in [5, 5.41) is 10.5. The standard InChI is InChI=1S/C8H13N3O2S2/c1-9-6(7(12)13-2)3-4-14-8-11-10-5-15-8/h5-6,9H,3-4H2,1-2H3. The van der Waals surface area contributed by atoms with E-state index in [0.717, 1.165) is 10.1 Å². The summed E-state index contributed by atoms with van der Waals surface area (Å²) in [5.74, 6) is 0.589. The number of nitrogens with one attached hydrogen (secondary N) is 1. The number of rotatable bonds is 6. The maximum Gasteiger partial charge on any atom is 0.322 e. The van der Waals surface area contributed by atoms with Crippen molar-refractivity contribution < 1.29 is 9.53 Å². The Morgan fingerprint density at radius 2 is 2.60 bits per heavy atom. The zero-order valence-corrected chi connectivity index (χ0v) is 10.2. The minimum absolute atomic E-state index is 0.227. The fourth-order valence-electron chi connectivity index (χ4n) is 1.01. The third kappa shape index (κ3) is 4.15. The SMILES string of the molecule is CNC(CCSc1nncs1)C(=O)OC. The van der Waals surface area contributed by atoms with Crippen molar-refractivity contribution >= 4 is 29.1 Å². The highest BCUT2D eigenvalue weighted by Crippen LogP contribution is 2.20. The summed E-state index contributed by atoms with van der Waals surface area (Å²) in [5.41, 5.74) is 1.69. The van der Waals surface area contributed by atoms with Crippen molar-refractivity contribution in [2.24, 2.45) is 0 Å². The van der Waals surface area contributed by atoms with E-state index in [-0.39, 0.29) is 12.0 Å². The lowest BCUT2D eigenvalue weighted by Gasteiger charge is -2.12. The van der Waals surface area contributed by atoms with Gasteiger partial charge in [-0.25, -0.2) is 0 Å². The Morgan fingerprint density at radius 1 is 1.80 bits per heavy atom. The molecule has 0 aliphatic rings. The number of likely N-dealkylation sites (N-methyl/N-ethyl adjacent to an activating group) is 1. The molecule has 1 unspecified atom stereocenters. The first kappa shape index (κ1) is 12.4. The molecule has 1 rings (SSSR count). The summed E-state index contributed by atoms with van der Waals surface area (Å²) in [6.07, 6.45) is 0.716. The van der Waals surface area contributed by atoms with Gasteiger partial charge in [-0.3, -0.25) is 4.79 Å². The summed E-state index contributed by atoms with van der Waals surface area (Å²) < 4.78 is 5.58. The summed E-state index contributed by atoms with van der Waals surface area (Å²) in [6.45, 7) is 0. The Balaban J connectivity index is 2.26. The third-order valence-corrected chi connectivity index (χ3v) is 3.70. The van der Waals surface area contributed by atoms with Crippen LogP contribution in [0.4, 0.5) is 0 Å². The number of aromatic nitrogens is 2. The van der Waals surface area contributed by atoms with Gasteiger partial charge in [0.2, 0.25) is 0 Å². The molecule has 1 N–H and O–H groups in total. The number of hydrogen-bond donors (Lipinski definition) is 1. The molecule has 7 heteroatoms. The van der Waals surface area contributed by atoms with Crippen LogP contribution in [-0.2, 0) is 9.53 Å². The highest BCUT2D eigenvalue weighted by Gasteiger charge is 2.16. The molecule has 1 aromatic heterocycles. The average molecular weight is 247 g/mol. The first-order valence-corrected chi connectivity index (χ1v) is 6.28. The van der Waals surface area contributed by atoms with Crippen LogP contribution in [0.5, 0.6) is 0 Å². The number of ether oxygens (including phenoxy) is 1. The molecule has 15 heavy (non-hydrogen) atoms. The molecule has 1 atom stereocenters. The van der Waals surface area contributed by atoms with Crippen LogP contribution < -0.4 is 5.32 Å². The first-order valence-electron chi connectivity index (χ1n) is 4.42. The molecular formula is C8H13N3O2S2.